The van der Waals surface area contributed by atoms with Crippen LogP contribution in [0.4, 0.5) is 0 Å². The van der Waals surface area contributed by atoms with Crippen molar-refractivity contribution in [2.24, 2.45) is 0 Å². The molecule has 0 aliphatic heterocycles. The minimum Gasteiger partial charge on any atom is -0.228 e. The van der Waals surface area contributed by atoms with Crippen molar-refractivity contribution < 1.29 is 0 Å². The van der Waals surface area contributed by atoms with Crippen LogP contribution in [0.5, 0.6) is 0 Å². The Balaban J connectivity index is 0.973. The largest absolute Gasteiger partial charge is 0.228 e. The minimum absolute atomic E-state index is 0.503. The maximum Gasteiger partial charge on any atom is 0.161 e. The maximum absolute atomic E-state index is 5.19. The zero-order valence-electron chi connectivity index (χ0n) is 34.5. The molecule has 1 heterocycles. The molecule has 2 heteroatoms. The Morgan fingerprint density at radius 3 is 1.37 bits per heavy atom. The second kappa shape index (κ2) is 15.1. The third-order valence-corrected chi connectivity index (χ3v) is 13.0. The summed E-state index contributed by atoms with van der Waals surface area (Å²) in [5.41, 5.74) is 16.9. The molecular formula is C61H40N2. The van der Waals surface area contributed by atoms with E-state index in [0.717, 1.165) is 44.4 Å². The number of fused-ring (bicyclic) bond motifs is 6. The van der Waals surface area contributed by atoms with Crippen LogP contribution in [-0.4, -0.2) is 9.97 Å². The molecule has 0 unspecified atom stereocenters. The fraction of sp³-hybridized carbons (Fsp3) is 0.0164. The van der Waals surface area contributed by atoms with Crippen LogP contribution in [-0.2, 0) is 5.41 Å². The average Bonchev–Trinajstić information content (AvgIpc) is 3.68. The summed E-state index contributed by atoms with van der Waals surface area (Å²) in [4.78, 5) is 10.4. The first kappa shape index (κ1) is 36.6. The van der Waals surface area contributed by atoms with Crippen LogP contribution in [0.1, 0.15) is 22.3 Å². The molecule has 0 spiro atoms. The summed E-state index contributed by atoms with van der Waals surface area (Å²) < 4.78 is 0. The monoisotopic (exact) mass is 800 g/mol. The van der Waals surface area contributed by atoms with Crippen LogP contribution in [0, 0.1) is 0 Å². The van der Waals surface area contributed by atoms with Crippen molar-refractivity contribution in [1.82, 2.24) is 9.97 Å². The summed E-state index contributed by atoms with van der Waals surface area (Å²) in [6.45, 7) is 0. The van der Waals surface area contributed by atoms with Gasteiger partial charge in [-0.1, -0.05) is 224 Å². The summed E-state index contributed by atoms with van der Waals surface area (Å²) in [7, 11) is 0. The highest BCUT2D eigenvalue weighted by Crippen LogP contribution is 2.58. The third-order valence-electron chi connectivity index (χ3n) is 13.0. The van der Waals surface area contributed by atoms with Gasteiger partial charge in [-0.25, -0.2) is 9.97 Å². The molecule has 10 aromatic carbocycles. The summed E-state index contributed by atoms with van der Waals surface area (Å²) in [5.74, 6) is 0.710. The zero-order valence-corrected chi connectivity index (χ0v) is 34.5. The van der Waals surface area contributed by atoms with E-state index in [1.807, 2.05) is 12.1 Å². The lowest BCUT2D eigenvalue weighted by atomic mass is 9.66. The van der Waals surface area contributed by atoms with E-state index < -0.39 is 5.41 Å². The lowest BCUT2D eigenvalue weighted by molar-refractivity contribution is 0.776. The fourth-order valence-corrected chi connectivity index (χ4v) is 10.1. The van der Waals surface area contributed by atoms with Crippen molar-refractivity contribution in [1.29, 1.82) is 0 Å². The molecule has 0 saturated carbocycles. The van der Waals surface area contributed by atoms with Gasteiger partial charge in [0.2, 0.25) is 0 Å². The first-order valence-electron chi connectivity index (χ1n) is 21.6. The Morgan fingerprint density at radius 1 is 0.286 bits per heavy atom. The van der Waals surface area contributed by atoms with Crippen molar-refractivity contribution >= 4 is 21.5 Å². The predicted octanol–water partition coefficient (Wildman–Crippen LogP) is 15.5. The summed E-state index contributed by atoms with van der Waals surface area (Å²) in [5, 5.41) is 4.82. The standard InChI is InChI=1S/C61H40N2/c1-5-18-44(19-6-1)57-40-58(45-20-7-2-8-21-45)63-60(62-57)55-38-37-49(51-27-15-16-28-52(51)55)43-31-29-41(30-32-43)46-34-35-53-54-36-33-42-17-13-14-26-50(42)59(54)61(56(53)39-46,47-22-9-3-10-23-47)48-24-11-4-12-25-48/h1-40H. The van der Waals surface area contributed by atoms with Crippen LogP contribution >= 0.6 is 0 Å². The van der Waals surface area contributed by atoms with Crippen molar-refractivity contribution in [2.45, 2.75) is 5.41 Å². The molecule has 0 fully saturated rings. The van der Waals surface area contributed by atoms with Crippen LogP contribution in [0.25, 0.3) is 88.8 Å². The number of aromatic nitrogens is 2. The third kappa shape index (κ3) is 6.02. The molecule has 1 aliphatic rings. The molecule has 0 amide bonds. The molecule has 294 valence electrons. The Hall–Kier alpha value is -8.20. The van der Waals surface area contributed by atoms with Crippen molar-refractivity contribution in [3.05, 3.63) is 265 Å². The van der Waals surface area contributed by atoms with Crippen molar-refractivity contribution in [3.63, 3.8) is 0 Å². The topological polar surface area (TPSA) is 25.8 Å². The van der Waals surface area contributed by atoms with Gasteiger partial charge in [-0.05, 0) is 95.4 Å². The number of nitrogens with zero attached hydrogens (tertiary/aromatic N) is 2. The molecule has 1 aliphatic carbocycles. The molecule has 0 N–H and O–H groups in total. The van der Waals surface area contributed by atoms with Gasteiger partial charge in [-0.3, -0.25) is 0 Å². The van der Waals surface area contributed by atoms with Gasteiger partial charge in [0.25, 0.3) is 0 Å². The molecule has 0 saturated heterocycles. The van der Waals surface area contributed by atoms with E-state index in [-0.39, 0.29) is 0 Å². The second-order valence-electron chi connectivity index (χ2n) is 16.4. The number of benzene rings is 10. The van der Waals surface area contributed by atoms with Gasteiger partial charge >= 0.3 is 0 Å². The van der Waals surface area contributed by atoms with Crippen LogP contribution < -0.4 is 0 Å². The summed E-state index contributed by atoms with van der Waals surface area (Å²) in [6, 6.07) is 87.8. The van der Waals surface area contributed by atoms with Crippen LogP contribution in [0.2, 0.25) is 0 Å². The lowest BCUT2D eigenvalue weighted by Crippen LogP contribution is -2.28. The van der Waals surface area contributed by atoms with E-state index in [1.54, 1.807) is 0 Å². The second-order valence-corrected chi connectivity index (χ2v) is 16.4. The molecule has 12 rings (SSSR count). The van der Waals surface area contributed by atoms with Gasteiger partial charge in [0.05, 0.1) is 16.8 Å². The number of hydrogen-bond donors (Lipinski definition) is 0. The Labute approximate surface area is 367 Å². The Morgan fingerprint density at radius 2 is 0.746 bits per heavy atom. The summed E-state index contributed by atoms with van der Waals surface area (Å²) >= 11 is 0. The molecule has 0 bridgehead atoms. The lowest BCUT2D eigenvalue weighted by Gasteiger charge is -2.35. The highest BCUT2D eigenvalue weighted by molar-refractivity contribution is 6.05. The normalized spacial score (nSPS) is 12.6. The molecular weight excluding hydrogens is 761 g/mol. The van der Waals surface area contributed by atoms with Gasteiger partial charge in [-0.2, -0.15) is 0 Å². The van der Waals surface area contributed by atoms with E-state index in [4.69, 9.17) is 9.97 Å². The molecule has 2 nitrogen and oxygen atoms in total. The van der Waals surface area contributed by atoms with Crippen molar-refractivity contribution in [3.8, 4) is 67.3 Å². The first-order chi connectivity index (χ1) is 31.2. The Kier molecular flexibility index (Phi) is 8.76. The van der Waals surface area contributed by atoms with E-state index >= 15 is 0 Å². The van der Waals surface area contributed by atoms with Crippen molar-refractivity contribution in [2.75, 3.05) is 0 Å². The van der Waals surface area contributed by atoms with Gasteiger partial charge in [0.1, 0.15) is 0 Å². The Bertz CT molecular complexity index is 3370. The molecule has 11 aromatic rings. The molecule has 0 atom stereocenters. The smallest absolute Gasteiger partial charge is 0.161 e. The highest BCUT2D eigenvalue weighted by Gasteiger charge is 2.47. The SMILES string of the molecule is c1ccc(-c2cc(-c3ccccc3)nc(-c3ccc(-c4ccc(-c5ccc6c(c5)C(c5ccccc5)(c5ccccc5)c5c-6ccc6ccccc56)cc4)c4ccccc34)n2)cc1. The van der Waals surface area contributed by atoms with Gasteiger partial charge < -0.3 is 0 Å². The predicted molar refractivity (Wildman–Crippen MR) is 262 cm³/mol. The zero-order chi connectivity index (χ0) is 41.7. The maximum atomic E-state index is 5.19. The quantitative estimate of drug-likeness (QED) is 0.160. The van der Waals surface area contributed by atoms with E-state index in [1.165, 1.54) is 60.8 Å². The van der Waals surface area contributed by atoms with Crippen LogP contribution in [0.3, 0.4) is 0 Å². The molecule has 63 heavy (non-hydrogen) atoms. The fourth-order valence-electron chi connectivity index (χ4n) is 10.1. The molecule has 0 radical (unpaired) electrons. The average molecular weight is 801 g/mol. The van der Waals surface area contributed by atoms with E-state index in [9.17, 15) is 0 Å². The van der Waals surface area contributed by atoms with E-state index in [0.29, 0.717) is 5.82 Å². The minimum atomic E-state index is -0.503. The van der Waals surface area contributed by atoms with Gasteiger partial charge in [-0.15, -0.1) is 0 Å². The van der Waals surface area contributed by atoms with E-state index in [2.05, 4.69) is 231 Å². The molecule has 1 aromatic heterocycles. The van der Waals surface area contributed by atoms with Crippen LogP contribution in [0.15, 0.2) is 243 Å². The number of rotatable bonds is 7. The number of hydrogen-bond acceptors (Lipinski definition) is 2. The first-order valence-corrected chi connectivity index (χ1v) is 21.6. The van der Waals surface area contributed by atoms with Gasteiger partial charge in [0, 0.05) is 16.7 Å². The summed E-state index contributed by atoms with van der Waals surface area (Å²) in [6.07, 6.45) is 0. The highest BCUT2D eigenvalue weighted by atomic mass is 14.9. The van der Waals surface area contributed by atoms with Gasteiger partial charge in [0.15, 0.2) is 5.82 Å².